The Bertz CT molecular complexity index is 477. The number of hydrogen-bond acceptors (Lipinski definition) is 4. The van der Waals surface area contributed by atoms with Crippen molar-refractivity contribution in [3.8, 4) is 0 Å². The molecule has 6 nitrogen and oxygen atoms in total. The smallest absolute Gasteiger partial charge is 0.335 e. The fourth-order valence-corrected chi connectivity index (χ4v) is 1.69. The first-order valence-corrected chi connectivity index (χ1v) is 5.37. The molecule has 0 saturated carbocycles. The fourth-order valence-electron chi connectivity index (χ4n) is 1.45. The minimum absolute atomic E-state index is 0.105. The topological polar surface area (TPSA) is 121 Å². The van der Waals surface area contributed by atoms with E-state index in [0.29, 0.717) is 0 Å². The summed E-state index contributed by atoms with van der Waals surface area (Å²) in [5, 5.41) is 28.2. The largest absolute Gasteiger partial charge is 0.478 e. The van der Waals surface area contributed by atoms with E-state index in [1.165, 1.54) is 18.2 Å². The molecule has 7 heteroatoms. The molecule has 0 aromatic heterocycles. The number of amides is 1. The number of halogens is 1. The van der Waals surface area contributed by atoms with Crippen molar-refractivity contribution in [3.63, 3.8) is 0 Å². The second kappa shape index (κ2) is 5.81. The van der Waals surface area contributed by atoms with Gasteiger partial charge in [-0.1, -0.05) is 11.6 Å². The Morgan fingerprint density at radius 1 is 1.28 bits per heavy atom. The predicted molar refractivity (Wildman–Crippen MR) is 63.2 cm³/mol. The van der Waals surface area contributed by atoms with Crippen molar-refractivity contribution in [1.29, 1.82) is 0 Å². The number of benzene rings is 1. The number of carbonyl (C=O) groups is 2. The van der Waals surface area contributed by atoms with E-state index in [0.717, 1.165) is 0 Å². The highest BCUT2D eigenvalue weighted by Gasteiger charge is 2.21. The number of nitrogens with two attached hydrogens (primary N) is 1. The van der Waals surface area contributed by atoms with Gasteiger partial charge in [0.1, 0.15) is 6.10 Å². The van der Waals surface area contributed by atoms with E-state index in [9.17, 15) is 19.8 Å². The average molecular weight is 274 g/mol. The molecule has 1 aromatic carbocycles. The molecule has 0 aliphatic heterocycles. The van der Waals surface area contributed by atoms with Gasteiger partial charge in [0.25, 0.3) is 0 Å². The molecule has 0 aliphatic carbocycles. The zero-order valence-electron chi connectivity index (χ0n) is 9.21. The second-order valence-electron chi connectivity index (χ2n) is 3.76. The van der Waals surface area contributed by atoms with E-state index in [1.807, 2.05) is 0 Å². The standard InChI is InChI=1S/C11H12ClNO5/c12-7-2-5(1-6(3-7)11(17)18)10(16)8(14)4-9(13)15/h1-3,8,10,14,16H,4H2,(H2,13,15)(H,17,18). The molecule has 18 heavy (non-hydrogen) atoms. The van der Waals surface area contributed by atoms with Gasteiger partial charge in [-0.3, -0.25) is 4.79 Å². The first kappa shape index (κ1) is 14.4. The van der Waals surface area contributed by atoms with Crippen LogP contribution in [0.3, 0.4) is 0 Å². The van der Waals surface area contributed by atoms with Gasteiger partial charge in [-0.05, 0) is 23.8 Å². The average Bonchev–Trinajstić information content (AvgIpc) is 2.26. The third-order valence-corrected chi connectivity index (χ3v) is 2.50. The quantitative estimate of drug-likeness (QED) is 0.615. The molecule has 2 atom stereocenters. The second-order valence-corrected chi connectivity index (χ2v) is 4.20. The lowest BCUT2D eigenvalue weighted by atomic mass is 10.00. The monoisotopic (exact) mass is 273 g/mol. The van der Waals surface area contributed by atoms with E-state index < -0.39 is 30.5 Å². The summed E-state index contributed by atoms with van der Waals surface area (Å²) >= 11 is 5.70. The Kier molecular flexibility index (Phi) is 4.66. The lowest BCUT2D eigenvalue weighted by molar-refractivity contribution is -0.121. The number of carboxylic acid groups (broad SMARTS) is 1. The summed E-state index contributed by atoms with van der Waals surface area (Å²) in [5.74, 6) is -1.99. The van der Waals surface area contributed by atoms with Crippen LogP contribution in [0.2, 0.25) is 5.02 Å². The van der Waals surface area contributed by atoms with Crippen LogP contribution < -0.4 is 5.73 Å². The SMILES string of the molecule is NC(=O)CC(O)C(O)c1cc(Cl)cc(C(=O)O)c1. The Hall–Kier alpha value is -1.63. The van der Waals surface area contributed by atoms with E-state index in [2.05, 4.69) is 0 Å². The van der Waals surface area contributed by atoms with Crippen LogP contribution in [0.1, 0.15) is 28.4 Å². The fraction of sp³-hybridized carbons (Fsp3) is 0.273. The molecule has 0 spiro atoms. The molecule has 0 radical (unpaired) electrons. The van der Waals surface area contributed by atoms with Crippen LogP contribution in [0.4, 0.5) is 0 Å². The van der Waals surface area contributed by atoms with Crippen LogP contribution in [-0.4, -0.2) is 33.3 Å². The number of rotatable bonds is 5. The maximum absolute atomic E-state index is 10.8. The minimum Gasteiger partial charge on any atom is -0.478 e. The van der Waals surface area contributed by atoms with Crippen LogP contribution in [0, 0.1) is 0 Å². The molecule has 0 fully saturated rings. The Balaban J connectivity index is 3.01. The van der Waals surface area contributed by atoms with Gasteiger partial charge in [0.2, 0.25) is 5.91 Å². The van der Waals surface area contributed by atoms with Crippen LogP contribution in [0.25, 0.3) is 0 Å². The van der Waals surface area contributed by atoms with Gasteiger partial charge < -0.3 is 21.1 Å². The first-order valence-electron chi connectivity index (χ1n) is 4.99. The Morgan fingerprint density at radius 2 is 1.89 bits per heavy atom. The van der Waals surface area contributed by atoms with Crippen LogP contribution in [0.15, 0.2) is 18.2 Å². The summed E-state index contributed by atoms with van der Waals surface area (Å²) in [7, 11) is 0. The lowest BCUT2D eigenvalue weighted by Crippen LogP contribution is -2.25. The molecule has 0 heterocycles. The third-order valence-electron chi connectivity index (χ3n) is 2.28. The van der Waals surface area contributed by atoms with Crippen LogP contribution in [0.5, 0.6) is 0 Å². The van der Waals surface area contributed by atoms with Crippen molar-refractivity contribution in [3.05, 3.63) is 34.3 Å². The number of carboxylic acids is 1. The number of aliphatic hydroxyl groups excluding tert-OH is 2. The molecule has 1 amide bonds. The van der Waals surface area contributed by atoms with Crippen molar-refractivity contribution in [1.82, 2.24) is 0 Å². The van der Waals surface area contributed by atoms with Crippen molar-refractivity contribution < 1.29 is 24.9 Å². The molecule has 0 bridgehead atoms. The normalized spacial score (nSPS) is 13.9. The molecule has 2 unspecified atom stereocenters. The number of hydrogen-bond donors (Lipinski definition) is 4. The van der Waals surface area contributed by atoms with Crippen molar-refractivity contribution in [2.75, 3.05) is 0 Å². The highest BCUT2D eigenvalue weighted by Crippen LogP contribution is 2.24. The van der Waals surface area contributed by atoms with Gasteiger partial charge in [0.15, 0.2) is 0 Å². The van der Waals surface area contributed by atoms with Crippen molar-refractivity contribution in [2.45, 2.75) is 18.6 Å². The van der Waals surface area contributed by atoms with Gasteiger partial charge >= 0.3 is 5.97 Å². The zero-order chi connectivity index (χ0) is 13.9. The number of primary amides is 1. The van der Waals surface area contributed by atoms with Gasteiger partial charge in [-0.25, -0.2) is 4.79 Å². The summed E-state index contributed by atoms with van der Waals surface area (Å²) < 4.78 is 0. The predicted octanol–water partition coefficient (Wildman–Crippen LogP) is 0.308. The van der Waals surface area contributed by atoms with E-state index in [4.69, 9.17) is 22.4 Å². The molecule has 0 saturated heterocycles. The maximum Gasteiger partial charge on any atom is 0.335 e. The summed E-state index contributed by atoms with van der Waals surface area (Å²) in [6, 6.07) is 3.69. The van der Waals surface area contributed by atoms with E-state index >= 15 is 0 Å². The molecule has 1 rings (SSSR count). The molecular formula is C11H12ClNO5. The van der Waals surface area contributed by atoms with Crippen molar-refractivity contribution >= 4 is 23.5 Å². The highest BCUT2D eigenvalue weighted by atomic mass is 35.5. The zero-order valence-corrected chi connectivity index (χ0v) is 9.96. The van der Waals surface area contributed by atoms with Gasteiger partial charge in [-0.15, -0.1) is 0 Å². The molecule has 1 aromatic rings. The molecule has 0 aliphatic rings. The van der Waals surface area contributed by atoms with Crippen LogP contribution in [-0.2, 0) is 4.79 Å². The van der Waals surface area contributed by atoms with E-state index in [-0.39, 0.29) is 16.1 Å². The van der Waals surface area contributed by atoms with Gasteiger partial charge in [0.05, 0.1) is 18.1 Å². The summed E-state index contributed by atoms with van der Waals surface area (Å²) in [6.45, 7) is 0. The third kappa shape index (κ3) is 3.69. The maximum atomic E-state index is 10.8. The number of aliphatic hydroxyl groups is 2. The van der Waals surface area contributed by atoms with Gasteiger partial charge in [0, 0.05) is 5.02 Å². The minimum atomic E-state index is -1.44. The number of aromatic carboxylic acids is 1. The Labute approximate surface area is 108 Å². The number of carbonyl (C=O) groups excluding carboxylic acids is 1. The summed E-state index contributed by atoms with van der Waals surface area (Å²) in [4.78, 5) is 21.4. The molecular weight excluding hydrogens is 262 g/mol. The highest BCUT2D eigenvalue weighted by molar-refractivity contribution is 6.31. The van der Waals surface area contributed by atoms with Crippen LogP contribution >= 0.6 is 11.6 Å². The Morgan fingerprint density at radius 3 is 2.39 bits per heavy atom. The summed E-state index contributed by atoms with van der Waals surface area (Å²) in [6.07, 6.45) is -3.28. The molecule has 5 N–H and O–H groups in total. The summed E-state index contributed by atoms with van der Waals surface area (Å²) in [5.41, 5.74) is 4.87. The van der Waals surface area contributed by atoms with Crippen molar-refractivity contribution in [2.24, 2.45) is 5.73 Å². The first-order chi connectivity index (χ1) is 8.31. The lowest BCUT2D eigenvalue weighted by Gasteiger charge is -2.17. The molecule has 98 valence electrons. The van der Waals surface area contributed by atoms with Gasteiger partial charge in [-0.2, -0.15) is 0 Å². The van der Waals surface area contributed by atoms with E-state index in [1.54, 1.807) is 0 Å².